The minimum atomic E-state index is -1.06. The standard InChI is InChI=1S/C14H14N2O2S3/c1-9-10(2)18-13(15-9)8-21(17)7-12-6-20-14(16-12)11-3-4-19-5-11/h3-6H,7-8H2,1-2H3/t21-/m0/s1. The molecule has 21 heavy (non-hydrogen) atoms. The minimum absolute atomic E-state index is 0.333. The van der Waals surface area contributed by atoms with E-state index in [2.05, 4.69) is 15.3 Å². The second kappa shape index (κ2) is 6.21. The number of oxazole rings is 1. The first kappa shape index (κ1) is 14.6. The van der Waals surface area contributed by atoms with Gasteiger partial charge in [-0.1, -0.05) is 0 Å². The molecule has 3 heterocycles. The summed E-state index contributed by atoms with van der Waals surface area (Å²) < 4.78 is 17.6. The van der Waals surface area contributed by atoms with E-state index in [1.165, 1.54) is 0 Å². The highest BCUT2D eigenvalue weighted by molar-refractivity contribution is 7.83. The molecule has 0 aliphatic carbocycles. The third-order valence-electron chi connectivity index (χ3n) is 2.99. The second-order valence-corrected chi connectivity index (χ2v) is 7.73. The van der Waals surface area contributed by atoms with Gasteiger partial charge in [-0.15, -0.1) is 11.3 Å². The quantitative estimate of drug-likeness (QED) is 0.707. The van der Waals surface area contributed by atoms with Gasteiger partial charge in [-0.2, -0.15) is 11.3 Å². The van der Waals surface area contributed by atoms with Crippen LogP contribution in [0.2, 0.25) is 0 Å². The fourth-order valence-electron chi connectivity index (χ4n) is 1.85. The van der Waals surface area contributed by atoms with E-state index < -0.39 is 10.8 Å². The number of aryl methyl sites for hydroxylation is 2. The molecule has 0 radical (unpaired) electrons. The SMILES string of the molecule is Cc1nc(C[S@@](=O)Cc2csc(-c3ccsc3)n2)oc1C. The van der Waals surface area contributed by atoms with Crippen molar-refractivity contribution in [3.8, 4) is 10.6 Å². The largest absolute Gasteiger partial charge is 0.445 e. The first-order chi connectivity index (χ1) is 10.1. The highest BCUT2D eigenvalue weighted by Crippen LogP contribution is 2.26. The van der Waals surface area contributed by atoms with Crippen molar-refractivity contribution in [1.82, 2.24) is 9.97 Å². The lowest BCUT2D eigenvalue weighted by Gasteiger charge is -1.96. The van der Waals surface area contributed by atoms with Crippen LogP contribution in [0.3, 0.4) is 0 Å². The van der Waals surface area contributed by atoms with E-state index >= 15 is 0 Å². The topological polar surface area (TPSA) is 56.0 Å². The van der Waals surface area contributed by atoms with E-state index in [-0.39, 0.29) is 0 Å². The van der Waals surface area contributed by atoms with Gasteiger partial charge in [-0.3, -0.25) is 4.21 Å². The van der Waals surface area contributed by atoms with Crippen LogP contribution < -0.4 is 0 Å². The van der Waals surface area contributed by atoms with Crippen molar-refractivity contribution in [2.45, 2.75) is 25.4 Å². The van der Waals surface area contributed by atoms with E-state index in [1.54, 1.807) is 22.7 Å². The van der Waals surface area contributed by atoms with E-state index in [9.17, 15) is 4.21 Å². The lowest BCUT2D eigenvalue weighted by molar-refractivity contribution is 0.487. The van der Waals surface area contributed by atoms with Gasteiger partial charge in [-0.25, -0.2) is 9.97 Å². The molecular formula is C14H14N2O2S3. The summed E-state index contributed by atoms with van der Waals surface area (Å²) >= 11 is 3.23. The van der Waals surface area contributed by atoms with Gasteiger partial charge < -0.3 is 4.42 Å². The van der Waals surface area contributed by atoms with Gasteiger partial charge in [0.1, 0.15) is 16.5 Å². The Bertz CT molecular complexity index is 740. The molecule has 0 bridgehead atoms. The van der Waals surface area contributed by atoms with Crippen molar-refractivity contribution in [3.05, 3.63) is 45.2 Å². The summed E-state index contributed by atoms with van der Waals surface area (Å²) in [6.07, 6.45) is 0. The van der Waals surface area contributed by atoms with Gasteiger partial charge in [0.15, 0.2) is 0 Å². The Morgan fingerprint density at radius 2 is 2.10 bits per heavy atom. The zero-order chi connectivity index (χ0) is 14.8. The molecule has 3 aromatic rings. The van der Waals surface area contributed by atoms with Crippen molar-refractivity contribution in [3.63, 3.8) is 0 Å². The van der Waals surface area contributed by atoms with Gasteiger partial charge >= 0.3 is 0 Å². The van der Waals surface area contributed by atoms with Crippen LogP contribution >= 0.6 is 22.7 Å². The van der Waals surface area contributed by atoms with Gasteiger partial charge in [0.25, 0.3) is 0 Å². The average Bonchev–Trinajstić information content (AvgIpc) is 3.12. The maximum atomic E-state index is 12.2. The van der Waals surface area contributed by atoms with Crippen molar-refractivity contribution >= 4 is 33.5 Å². The molecule has 0 aromatic carbocycles. The lowest BCUT2D eigenvalue weighted by atomic mass is 10.4. The molecule has 3 aromatic heterocycles. The van der Waals surface area contributed by atoms with E-state index in [1.807, 2.05) is 30.7 Å². The molecule has 1 atom stereocenters. The van der Waals surface area contributed by atoms with Crippen LogP contribution in [0.15, 0.2) is 26.6 Å². The molecule has 0 aliphatic rings. The molecule has 0 amide bonds. The Hall–Kier alpha value is -1.31. The fraction of sp³-hybridized carbons (Fsp3) is 0.286. The summed E-state index contributed by atoms with van der Waals surface area (Å²) in [4.78, 5) is 8.80. The summed E-state index contributed by atoms with van der Waals surface area (Å²) in [6.45, 7) is 3.75. The Labute approximate surface area is 133 Å². The number of aromatic nitrogens is 2. The van der Waals surface area contributed by atoms with Crippen molar-refractivity contribution in [1.29, 1.82) is 0 Å². The summed E-state index contributed by atoms with van der Waals surface area (Å²) in [7, 11) is -1.06. The van der Waals surface area contributed by atoms with Crippen molar-refractivity contribution < 1.29 is 8.63 Å². The molecule has 0 unspecified atom stereocenters. The molecule has 0 aliphatic heterocycles. The Kier molecular flexibility index (Phi) is 4.32. The fourth-order valence-corrected chi connectivity index (χ4v) is 4.46. The summed E-state index contributed by atoms with van der Waals surface area (Å²) in [6, 6.07) is 2.04. The smallest absolute Gasteiger partial charge is 0.207 e. The second-order valence-electron chi connectivity index (χ2n) is 4.63. The van der Waals surface area contributed by atoms with Crippen molar-refractivity contribution in [2.75, 3.05) is 0 Å². The maximum Gasteiger partial charge on any atom is 0.207 e. The van der Waals surface area contributed by atoms with Crippen LogP contribution in [0, 0.1) is 13.8 Å². The molecule has 0 N–H and O–H groups in total. The minimum Gasteiger partial charge on any atom is -0.445 e. The number of rotatable bonds is 5. The van der Waals surface area contributed by atoms with Gasteiger partial charge in [0.2, 0.25) is 5.89 Å². The summed E-state index contributed by atoms with van der Waals surface area (Å²) in [5.74, 6) is 2.09. The maximum absolute atomic E-state index is 12.2. The van der Waals surface area contributed by atoms with Crippen LogP contribution in [-0.4, -0.2) is 14.2 Å². The average molecular weight is 338 g/mol. The normalized spacial score (nSPS) is 12.7. The summed E-state index contributed by atoms with van der Waals surface area (Å²) in [5.41, 5.74) is 2.84. The van der Waals surface area contributed by atoms with Gasteiger partial charge in [0.05, 0.1) is 17.1 Å². The Morgan fingerprint density at radius 3 is 2.76 bits per heavy atom. The Balaban J connectivity index is 1.65. The van der Waals surface area contributed by atoms with E-state index in [4.69, 9.17) is 4.42 Å². The van der Waals surface area contributed by atoms with E-state index in [0.717, 1.165) is 27.7 Å². The molecular weight excluding hydrogens is 324 g/mol. The van der Waals surface area contributed by atoms with Crippen LogP contribution in [0.5, 0.6) is 0 Å². The highest BCUT2D eigenvalue weighted by atomic mass is 32.2. The first-order valence-corrected chi connectivity index (χ1v) is 9.67. The number of hydrogen-bond acceptors (Lipinski definition) is 6. The molecule has 4 nitrogen and oxygen atoms in total. The molecule has 7 heteroatoms. The summed E-state index contributed by atoms with van der Waals surface area (Å²) in [5, 5.41) is 7.04. The number of hydrogen-bond donors (Lipinski definition) is 0. The monoisotopic (exact) mass is 338 g/mol. The third kappa shape index (κ3) is 3.48. The lowest BCUT2D eigenvalue weighted by Crippen LogP contribution is -2.00. The highest BCUT2D eigenvalue weighted by Gasteiger charge is 2.12. The molecule has 0 saturated carbocycles. The molecule has 110 valence electrons. The third-order valence-corrected chi connectivity index (χ3v) is 5.80. The molecule has 3 rings (SSSR count). The van der Waals surface area contributed by atoms with Crippen LogP contribution in [0.1, 0.15) is 23.0 Å². The van der Waals surface area contributed by atoms with Crippen LogP contribution in [0.25, 0.3) is 10.6 Å². The predicted octanol–water partition coefficient (Wildman–Crippen LogP) is 3.93. The number of nitrogens with zero attached hydrogens (tertiary/aromatic N) is 2. The zero-order valence-electron chi connectivity index (χ0n) is 11.7. The van der Waals surface area contributed by atoms with Crippen LogP contribution in [0.4, 0.5) is 0 Å². The van der Waals surface area contributed by atoms with Crippen molar-refractivity contribution in [2.24, 2.45) is 0 Å². The van der Waals surface area contributed by atoms with E-state index in [0.29, 0.717) is 17.4 Å². The molecule has 0 fully saturated rings. The van der Waals surface area contributed by atoms with Crippen LogP contribution in [-0.2, 0) is 22.3 Å². The molecule has 0 saturated heterocycles. The number of thiophene rings is 1. The number of thiazole rings is 1. The van der Waals surface area contributed by atoms with Gasteiger partial charge in [-0.05, 0) is 25.3 Å². The van der Waals surface area contributed by atoms with Gasteiger partial charge in [0, 0.05) is 27.1 Å². The first-order valence-electron chi connectivity index (χ1n) is 6.36. The molecule has 0 spiro atoms. The Morgan fingerprint density at radius 1 is 1.24 bits per heavy atom. The zero-order valence-corrected chi connectivity index (χ0v) is 14.1. The predicted molar refractivity (Wildman–Crippen MR) is 87.0 cm³/mol.